The van der Waals surface area contributed by atoms with Crippen LogP contribution in [0.2, 0.25) is 0 Å². The van der Waals surface area contributed by atoms with Gasteiger partial charge >= 0.3 is 5.97 Å². The van der Waals surface area contributed by atoms with Crippen LogP contribution in [-0.2, 0) is 17.6 Å². The Labute approximate surface area is 95.7 Å². The summed E-state index contributed by atoms with van der Waals surface area (Å²) >= 11 is 0. The predicted octanol–water partition coefficient (Wildman–Crippen LogP) is 2.59. The fourth-order valence-corrected chi connectivity index (χ4v) is 1.97. The van der Waals surface area contributed by atoms with Crippen LogP contribution in [0.1, 0.15) is 35.6 Å². The number of phenolic OH excluding ortho intramolecular Hbond substituents is 1. The van der Waals surface area contributed by atoms with Gasteiger partial charge in [0, 0.05) is 6.42 Å². The number of aromatic hydroxyl groups is 1. The van der Waals surface area contributed by atoms with E-state index in [0.29, 0.717) is 6.42 Å². The molecule has 0 radical (unpaired) electrons. The lowest BCUT2D eigenvalue weighted by molar-refractivity contribution is -0.136. The van der Waals surface area contributed by atoms with Crippen molar-refractivity contribution < 1.29 is 15.0 Å². The van der Waals surface area contributed by atoms with E-state index in [4.69, 9.17) is 5.11 Å². The van der Waals surface area contributed by atoms with Gasteiger partial charge in [-0.2, -0.15) is 0 Å². The zero-order valence-electron chi connectivity index (χ0n) is 10.0. The number of aryl methyl sites for hydroxylation is 1. The van der Waals surface area contributed by atoms with Crippen molar-refractivity contribution in [3.8, 4) is 5.75 Å². The Morgan fingerprint density at radius 2 is 1.94 bits per heavy atom. The number of carboxylic acid groups (broad SMARTS) is 1. The fraction of sp³-hybridized carbons (Fsp3) is 0.462. The second-order valence-corrected chi connectivity index (χ2v) is 4.03. The van der Waals surface area contributed by atoms with Crippen LogP contribution < -0.4 is 0 Å². The molecule has 0 bridgehead atoms. The zero-order valence-corrected chi connectivity index (χ0v) is 10.0. The molecule has 0 aliphatic rings. The molecular weight excluding hydrogens is 204 g/mol. The van der Waals surface area contributed by atoms with Gasteiger partial charge in [-0.3, -0.25) is 4.79 Å². The molecule has 0 aliphatic heterocycles. The highest BCUT2D eigenvalue weighted by Gasteiger charge is 2.11. The normalized spacial score (nSPS) is 10.4. The summed E-state index contributed by atoms with van der Waals surface area (Å²) in [5.41, 5.74) is 4.05. The maximum atomic E-state index is 10.5. The van der Waals surface area contributed by atoms with Crippen molar-refractivity contribution in [1.82, 2.24) is 0 Å². The van der Waals surface area contributed by atoms with Crippen LogP contribution in [0.4, 0.5) is 0 Å². The summed E-state index contributed by atoms with van der Waals surface area (Å²) < 4.78 is 0. The minimum atomic E-state index is -0.809. The number of carboxylic acids is 1. The monoisotopic (exact) mass is 222 g/mol. The molecule has 16 heavy (non-hydrogen) atoms. The molecule has 3 nitrogen and oxygen atoms in total. The molecule has 3 heteroatoms. The lowest BCUT2D eigenvalue weighted by atomic mass is 9.93. The first-order chi connectivity index (χ1) is 7.47. The van der Waals surface area contributed by atoms with Gasteiger partial charge in [0.1, 0.15) is 5.75 Å². The average Bonchev–Trinajstić information content (AvgIpc) is 2.22. The summed E-state index contributed by atoms with van der Waals surface area (Å²) in [4.78, 5) is 10.5. The Hall–Kier alpha value is -1.51. The molecule has 0 atom stereocenters. The third kappa shape index (κ3) is 2.54. The Balaban J connectivity index is 3.08. The van der Waals surface area contributed by atoms with E-state index in [1.807, 2.05) is 20.8 Å². The van der Waals surface area contributed by atoms with Gasteiger partial charge < -0.3 is 10.2 Å². The molecule has 0 saturated heterocycles. The highest BCUT2D eigenvalue weighted by Crippen LogP contribution is 2.28. The molecule has 0 aromatic heterocycles. The Bertz CT molecular complexity index is 408. The first kappa shape index (κ1) is 12.6. The van der Waals surface area contributed by atoms with Gasteiger partial charge in [-0.15, -0.1) is 0 Å². The second kappa shape index (κ2) is 5.01. The van der Waals surface area contributed by atoms with Crippen LogP contribution in [0.15, 0.2) is 6.07 Å². The minimum Gasteiger partial charge on any atom is -0.508 e. The highest BCUT2D eigenvalue weighted by molar-refractivity contribution is 5.67. The van der Waals surface area contributed by atoms with Gasteiger partial charge in [0.05, 0.1) is 0 Å². The van der Waals surface area contributed by atoms with Gasteiger partial charge in [0.2, 0.25) is 0 Å². The number of hydrogen-bond acceptors (Lipinski definition) is 2. The van der Waals surface area contributed by atoms with Crippen LogP contribution in [0.5, 0.6) is 5.75 Å². The fourth-order valence-electron chi connectivity index (χ4n) is 1.97. The quantitative estimate of drug-likeness (QED) is 0.823. The average molecular weight is 222 g/mol. The van der Waals surface area contributed by atoms with E-state index in [1.165, 1.54) is 0 Å². The van der Waals surface area contributed by atoms with E-state index in [1.54, 1.807) is 6.07 Å². The van der Waals surface area contributed by atoms with Gasteiger partial charge in [-0.05, 0) is 55.0 Å². The van der Waals surface area contributed by atoms with Gasteiger partial charge in [0.25, 0.3) is 0 Å². The number of aliphatic carboxylic acids is 1. The second-order valence-electron chi connectivity index (χ2n) is 4.03. The number of carbonyl (C=O) groups is 1. The van der Waals surface area contributed by atoms with Gasteiger partial charge in [-0.1, -0.05) is 6.92 Å². The summed E-state index contributed by atoms with van der Waals surface area (Å²) in [6.45, 7) is 5.95. The van der Waals surface area contributed by atoms with E-state index in [-0.39, 0.29) is 12.2 Å². The van der Waals surface area contributed by atoms with Crippen molar-refractivity contribution in [3.05, 3.63) is 28.3 Å². The van der Waals surface area contributed by atoms with Gasteiger partial charge in [0.15, 0.2) is 0 Å². The maximum absolute atomic E-state index is 10.5. The van der Waals surface area contributed by atoms with Crippen molar-refractivity contribution in [2.45, 2.75) is 40.0 Å². The molecule has 1 rings (SSSR count). The summed E-state index contributed by atoms with van der Waals surface area (Å²) in [6.07, 6.45) is 1.36. The smallest absolute Gasteiger partial charge is 0.303 e. The van der Waals surface area contributed by atoms with Crippen LogP contribution in [0, 0.1) is 13.8 Å². The summed E-state index contributed by atoms with van der Waals surface area (Å²) in [6, 6.07) is 1.70. The molecule has 88 valence electrons. The number of hydrogen-bond donors (Lipinski definition) is 2. The van der Waals surface area contributed by atoms with E-state index >= 15 is 0 Å². The van der Waals surface area contributed by atoms with E-state index in [0.717, 1.165) is 28.7 Å². The molecule has 2 N–H and O–H groups in total. The van der Waals surface area contributed by atoms with Crippen LogP contribution >= 0.6 is 0 Å². The standard InChI is InChI=1S/C13H18O3/c1-4-11-9(3)8(2)10(7-12(11)14)5-6-13(15)16/h7,14H,4-6H2,1-3H3,(H,15,16). The van der Waals surface area contributed by atoms with E-state index < -0.39 is 5.97 Å². The molecule has 0 unspecified atom stereocenters. The van der Waals surface area contributed by atoms with Gasteiger partial charge in [-0.25, -0.2) is 0 Å². The molecule has 0 heterocycles. The SMILES string of the molecule is CCc1c(O)cc(CCC(=O)O)c(C)c1C. The lowest BCUT2D eigenvalue weighted by Gasteiger charge is -2.14. The molecular formula is C13H18O3. The van der Waals surface area contributed by atoms with Crippen molar-refractivity contribution in [3.63, 3.8) is 0 Å². The molecule has 1 aromatic rings. The molecule has 0 fully saturated rings. The van der Waals surface area contributed by atoms with Crippen molar-refractivity contribution in [2.24, 2.45) is 0 Å². The van der Waals surface area contributed by atoms with E-state index in [9.17, 15) is 9.90 Å². The number of rotatable bonds is 4. The predicted molar refractivity (Wildman–Crippen MR) is 62.9 cm³/mol. The molecule has 0 amide bonds. The Morgan fingerprint density at radius 1 is 1.31 bits per heavy atom. The summed E-state index contributed by atoms with van der Waals surface area (Å²) in [5, 5.41) is 18.5. The molecule has 0 saturated carbocycles. The highest BCUT2D eigenvalue weighted by atomic mass is 16.4. The zero-order chi connectivity index (χ0) is 12.3. The van der Waals surface area contributed by atoms with Crippen molar-refractivity contribution >= 4 is 5.97 Å². The molecule has 0 aliphatic carbocycles. The Kier molecular flexibility index (Phi) is 3.93. The topological polar surface area (TPSA) is 57.5 Å². The van der Waals surface area contributed by atoms with Crippen LogP contribution in [-0.4, -0.2) is 16.2 Å². The summed E-state index contributed by atoms with van der Waals surface area (Å²) in [7, 11) is 0. The maximum Gasteiger partial charge on any atom is 0.303 e. The first-order valence-corrected chi connectivity index (χ1v) is 5.50. The lowest BCUT2D eigenvalue weighted by Crippen LogP contribution is -2.02. The summed E-state index contributed by atoms with van der Waals surface area (Å²) in [5.74, 6) is -0.526. The van der Waals surface area contributed by atoms with Crippen LogP contribution in [0.25, 0.3) is 0 Å². The number of benzene rings is 1. The third-order valence-corrected chi connectivity index (χ3v) is 3.08. The van der Waals surface area contributed by atoms with Crippen LogP contribution in [0.3, 0.4) is 0 Å². The number of phenols is 1. The minimum absolute atomic E-state index is 0.102. The van der Waals surface area contributed by atoms with E-state index in [2.05, 4.69) is 0 Å². The third-order valence-electron chi connectivity index (χ3n) is 3.08. The van der Waals surface area contributed by atoms with Crippen molar-refractivity contribution in [2.75, 3.05) is 0 Å². The Morgan fingerprint density at radius 3 is 2.44 bits per heavy atom. The van der Waals surface area contributed by atoms with Crippen molar-refractivity contribution in [1.29, 1.82) is 0 Å². The molecule has 0 spiro atoms. The first-order valence-electron chi connectivity index (χ1n) is 5.50. The molecule has 1 aromatic carbocycles. The largest absolute Gasteiger partial charge is 0.508 e.